The standard InChI is InChI=1S/C14H28N2O/c1-3-4-5-6-7-14(17)16-11-13-10-15-9-8-12(13)2/h12-13,15H,3-11H2,1-2H3,(H,16,17). The summed E-state index contributed by atoms with van der Waals surface area (Å²) in [7, 11) is 0. The number of carbonyl (C=O) groups excluding carboxylic acids is 1. The van der Waals surface area contributed by atoms with Gasteiger partial charge in [0.1, 0.15) is 0 Å². The Kier molecular flexibility index (Phi) is 7.25. The molecule has 0 spiro atoms. The normalized spacial score (nSPS) is 24.6. The lowest BCUT2D eigenvalue weighted by Crippen LogP contribution is -2.42. The van der Waals surface area contributed by atoms with Gasteiger partial charge in [-0.1, -0.05) is 33.1 Å². The van der Waals surface area contributed by atoms with Crippen molar-refractivity contribution in [2.45, 2.75) is 52.4 Å². The van der Waals surface area contributed by atoms with E-state index in [1.807, 2.05) is 0 Å². The van der Waals surface area contributed by atoms with Crippen LogP contribution in [0.4, 0.5) is 0 Å². The second kappa shape index (κ2) is 8.51. The van der Waals surface area contributed by atoms with Gasteiger partial charge in [-0.25, -0.2) is 0 Å². The second-order valence-electron chi connectivity index (χ2n) is 5.34. The summed E-state index contributed by atoms with van der Waals surface area (Å²) in [6, 6.07) is 0. The third-order valence-corrected chi connectivity index (χ3v) is 3.81. The Bertz CT molecular complexity index is 218. The van der Waals surface area contributed by atoms with E-state index in [2.05, 4.69) is 24.5 Å². The highest BCUT2D eigenvalue weighted by molar-refractivity contribution is 5.75. The molecule has 0 saturated carbocycles. The van der Waals surface area contributed by atoms with Crippen molar-refractivity contribution in [1.29, 1.82) is 0 Å². The van der Waals surface area contributed by atoms with Gasteiger partial charge in [-0.15, -0.1) is 0 Å². The Morgan fingerprint density at radius 1 is 1.35 bits per heavy atom. The summed E-state index contributed by atoms with van der Waals surface area (Å²) >= 11 is 0. The Labute approximate surface area is 106 Å². The minimum absolute atomic E-state index is 0.235. The van der Waals surface area contributed by atoms with Crippen molar-refractivity contribution in [3.05, 3.63) is 0 Å². The van der Waals surface area contributed by atoms with Crippen LogP contribution in [0.3, 0.4) is 0 Å². The third kappa shape index (κ3) is 6.06. The molecule has 0 bridgehead atoms. The summed E-state index contributed by atoms with van der Waals surface area (Å²) in [6.07, 6.45) is 6.64. The Hall–Kier alpha value is -0.570. The van der Waals surface area contributed by atoms with Crippen molar-refractivity contribution in [2.75, 3.05) is 19.6 Å². The first-order valence-electron chi connectivity index (χ1n) is 7.21. The van der Waals surface area contributed by atoms with Gasteiger partial charge in [-0.05, 0) is 37.8 Å². The maximum atomic E-state index is 11.6. The van der Waals surface area contributed by atoms with Crippen molar-refractivity contribution in [3.8, 4) is 0 Å². The average Bonchev–Trinajstić information content (AvgIpc) is 2.34. The van der Waals surface area contributed by atoms with Crippen molar-refractivity contribution < 1.29 is 4.79 Å². The van der Waals surface area contributed by atoms with Gasteiger partial charge in [0.25, 0.3) is 0 Å². The first-order valence-corrected chi connectivity index (χ1v) is 7.21. The lowest BCUT2D eigenvalue weighted by molar-refractivity contribution is -0.121. The van der Waals surface area contributed by atoms with Gasteiger partial charge in [-0.2, -0.15) is 0 Å². The molecule has 1 fully saturated rings. The number of rotatable bonds is 7. The largest absolute Gasteiger partial charge is 0.356 e. The van der Waals surface area contributed by atoms with Crippen LogP contribution >= 0.6 is 0 Å². The van der Waals surface area contributed by atoms with Gasteiger partial charge >= 0.3 is 0 Å². The fourth-order valence-corrected chi connectivity index (χ4v) is 2.37. The summed E-state index contributed by atoms with van der Waals surface area (Å²) in [5, 5.41) is 6.48. The molecule has 1 aliphatic rings. The molecular formula is C14H28N2O. The molecule has 0 aliphatic carbocycles. The molecule has 0 radical (unpaired) electrons. The molecule has 17 heavy (non-hydrogen) atoms. The van der Waals surface area contributed by atoms with Gasteiger partial charge in [0.2, 0.25) is 5.91 Å². The van der Waals surface area contributed by atoms with E-state index >= 15 is 0 Å². The predicted molar refractivity (Wildman–Crippen MR) is 71.9 cm³/mol. The molecule has 2 N–H and O–H groups in total. The topological polar surface area (TPSA) is 41.1 Å². The molecular weight excluding hydrogens is 212 g/mol. The smallest absolute Gasteiger partial charge is 0.220 e. The summed E-state index contributed by atoms with van der Waals surface area (Å²) in [5.41, 5.74) is 0. The van der Waals surface area contributed by atoms with Crippen molar-refractivity contribution in [1.82, 2.24) is 10.6 Å². The Morgan fingerprint density at radius 2 is 2.18 bits per heavy atom. The minimum atomic E-state index is 0.235. The molecule has 100 valence electrons. The maximum absolute atomic E-state index is 11.6. The van der Waals surface area contributed by atoms with E-state index < -0.39 is 0 Å². The first-order chi connectivity index (χ1) is 8.24. The quantitative estimate of drug-likeness (QED) is 0.671. The molecule has 1 saturated heterocycles. The summed E-state index contributed by atoms with van der Waals surface area (Å²) in [4.78, 5) is 11.6. The number of piperidine rings is 1. The van der Waals surface area contributed by atoms with Crippen molar-refractivity contribution >= 4 is 5.91 Å². The van der Waals surface area contributed by atoms with Crippen LogP contribution in [0.15, 0.2) is 0 Å². The van der Waals surface area contributed by atoms with Crippen LogP contribution in [0.2, 0.25) is 0 Å². The Balaban J connectivity index is 2.06. The number of carbonyl (C=O) groups is 1. The van der Waals surface area contributed by atoms with Crippen LogP contribution in [0, 0.1) is 11.8 Å². The van der Waals surface area contributed by atoms with E-state index in [4.69, 9.17) is 0 Å². The predicted octanol–water partition coefficient (Wildman–Crippen LogP) is 2.32. The molecule has 3 heteroatoms. The SMILES string of the molecule is CCCCCCC(=O)NCC1CNCCC1C. The van der Waals surface area contributed by atoms with Crippen molar-refractivity contribution in [2.24, 2.45) is 11.8 Å². The van der Waals surface area contributed by atoms with Gasteiger partial charge in [0.15, 0.2) is 0 Å². The monoisotopic (exact) mass is 240 g/mol. The average molecular weight is 240 g/mol. The van der Waals surface area contributed by atoms with Crippen LogP contribution in [-0.4, -0.2) is 25.5 Å². The van der Waals surface area contributed by atoms with Crippen LogP contribution in [0.5, 0.6) is 0 Å². The van der Waals surface area contributed by atoms with Crippen LogP contribution < -0.4 is 10.6 Å². The number of unbranched alkanes of at least 4 members (excludes halogenated alkanes) is 3. The summed E-state index contributed by atoms with van der Waals surface area (Å²) in [6.45, 7) is 7.51. The molecule has 0 aromatic heterocycles. The lowest BCUT2D eigenvalue weighted by Gasteiger charge is -2.29. The van der Waals surface area contributed by atoms with E-state index in [1.54, 1.807) is 0 Å². The van der Waals surface area contributed by atoms with Gasteiger partial charge in [0, 0.05) is 13.0 Å². The molecule has 2 atom stereocenters. The van der Waals surface area contributed by atoms with E-state index in [1.165, 1.54) is 25.7 Å². The first kappa shape index (κ1) is 14.5. The molecule has 2 unspecified atom stereocenters. The van der Waals surface area contributed by atoms with Crippen LogP contribution in [0.25, 0.3) is 0 Å². The van der Waals surface area contributed by atoms with Gasteiger partial charge < -0.3 is 10.6 Å². The zero-order valence-corrected chi connectivity index (χ0v) is 11.4. The van der Waals surface area contributed by atoms with E-state index in [9.17, 15) is 4.79 Å². The Morgan fingerprint density at radius 3 is 2.88 bits per heavy atom. The van der Waals surface area contributed by atoms with E-state index in [0.717, 1.165) is 32.0 Å². The number of hydrogen-bond donors (Lipinski definition) is 2. The van der Waals surface area contributed by atoms with Crippen LogP contribution in [0.1, 0.15) is 52.4 Å². The second-order valence-corrected chi connectivity index (χ2v) is 5.34. The number of hydrogen-bond acceptors (Lipinski definition) is 2. The fourth-order valence-electron chi connectivity index (χ4n) is 2.37. The fraction of sp³-hybridized carbons (Fsp3) is 0.929. The summed E-state index contributed by atoms with van der Waals surface area (Å²) in [5.74, 6) is 1.58. The maximum Gasteiger partial charge on any atom is 0.220 e. The molecule has 1 amide bonds. The summed E-state index contributed by atoms with van der Waals surface area (Å²) < 4.78 is 0. The lowest BCUT2D eigenvalue weighted by atomic mass is 9.88. The molecule has 3 nitrogen and oxygen atoms in total. The minimum Gasteiger partial charge on any atom is -0.356 e. The molecule has 1 aliphatic heterocycles. The zero-order chi connectivity index (χ0) is 12.5. The molecule has 0 aromatic carbocycles. The number of amides is 1. The molecule has 1 rings (SSSR count). The highest BCUT2D eigenvalue weighted by Gasteiger charge is 2.21. The zero-order valence-electron chi connectivity index (χ0n) is 11.4. The van der Waals surface area contributed by atoms with Gasteiger partial charge in [0.05, 0.1) is 0 Å². The van der Waals surface area contributed by atoms with Crippen LogP contribution in [-0.2, 0) is 4.79 Å². The van der Waals surface area contributed by atoms with Gasteiger partial charge in [-0.3, -0.25) is 4.79 Å². The van der Waals surface area contributed by atoms with Crippen molar-refractivity contribution in [3.63, 3.8) is 0 Å². The highest BCUT2D eigenvalue weighted by atomic mass is 16.1. The molecule has 1 heterocycles. The van der Waals surface area contributed by atoms with E-state index in [0.29, 0.717) is 12.3 Å². The number of nitrogens with one attached hydrogen (secondary N) is 2. The highest BCUT2D eigenvalue weighted by Crippen LogP contribution is 2.17. The van der Waals surface area contributed by atoms with E-state index in [-0.39, 0.29) is 5.91 Å². The molecule has 0 aromatic rings. The third-order valence-electron chi connectivity index (χ3n) is 3.81.